The van der Waals surface area contributed by atoms with Gasteiger partial charge in [0, 0.05) is 25.6 Å². The van der Waals surface area contributed by atoms with Gasteiger partial charge in [-0.25, -0.2) is 0 Å². The number of carbonyl (C=O) groups excluding carboxylic acids is 1. The topological polar surface area (TPSA) is 49.8 Å². The molecule has 1 N–H and O–H groups in total. The molecule has 122 valence electrons. The van der Waals surface area contributed by atoms with E-state index in [4.69, 9.17) is 4.74 Å². The van der Waals surface area contributed by atoms with Crippen LogP contribution < -0.4 is 4.74 Å². The van der Waals surface area contributed by atoms with Gasteiger partial charge in [-0.3, -0.25) is 4.79 Å². The minimum atomic E-state index is -0.447. The van der Waals surface area contributed by atoms with Crippen LogP contribution in [0.2, 0.25) is 0 Å². The van der Waals surface area contributed by atoms with Gasteiger partial charge in [-0.15, -0.1) is 0 Å². The van der Waals surface area contributed by atoms with E-state index < -0.39 is 6.10 Å². The lowest BCUT2D eigenvalue weighted by molar-refractivity contribution is -0.138. The number of hydrogen-bond donors (Lipinski definition) is 1. The average molecular weight is 305 g/mol. The molecule has 1 saturated heterocycles. The molecule has 0 aliphatic carbocycles. The maximum absolute atomic E-state index is 12.6. The number of benzene rings is 1. The first-order chi connectivity index (χ1) is 10.6. The Labute approximate surface area is 133 Å². The fraction of sp³-hybridized carbons (Fsp3) is 0.611. The minimum absolute atomic E-state index is 0.0389. The first-order valence-electron chi connectivity index (χ1n) is 8.22. The average Bonchev–Trinajstić information content (AvgIpc) is 3.01. The van der Waals surface area contributed by atoms with Crippen molar-refractivity contribution in [3.8, 4) is 5.75 Å². The van der Waals surface area contributed by atoms with Crippen molar-refractivity contribution in [1.29, 1.82) is 0 Å². The summed E-state index contributed by atoms with van der Waals surface area (Å²) in [7, 11) is 0. The van der Waals surface area contributed by atoms with Crippen LogP contribution >= 0.6 is 0 Å². The Kier molecular flexibility index (Phi) is 5.83. The van der Waals surface area contributed by atoms with Crippen LogP contribution in [-0.4, -0.2) is 41.7 Å². The van der Waals surface area contributed by atoms with E-state index in [0.717, 1.165) is 24.3 Å². The molecule has 1 amide bonds. The Balaban J connectivity index is 2.08. The molecule has 2 atom stereocenters. The lowest BCUT2D eigenvalue weighted by Crippen LogP contribution is -2.40. The molecule has 1 aromatic rings. The van der Waals surface area contributed by atoms with Gasteiger partial charge in [0.05, 0.1) is 0 Å². The largest absolute Gasteiger partial charge is 0.480 e. The number of aliphatic hydroxyl groups is 1. The number of ether oxygens (including phenoxy) is 1. The normalized spacial score (nSPS) is 19.5. The zero-order valence-electron chi connectivity index (χ0n) is 13.8. The maximum atomic E-state index is 12.6. The first kappa shape index (κ1) is 16.8. The van der Waals surface area contributed by atoms with Crippen molar-refractivity contribution in [2.45, 2.75) is 45.6 Å². The van der Waals surface area contributed by atoms with Gasteiger partial charge in [0.1, 0.15) is 5.75 Å². The molecule has 0 bridgehead atoms. The number of hydrogen-bond acceptors (Lipinski definition) is 3. The van der Waals surface area contributed by atoms with Crippen LogP contribution in [0.4, 0.5) is 0 Å². The summed E-state index contributed by atoms with van der Waals surface area (Å²) in [4.78, 5) is 14.5. The summed E-state index contributed by atoms with van der Waals surface area (Å²) in [6.45, 7) is 7.73. The van der Waals surface area contributed by atoms with Crippen molar-refractivity contribution < 1.29 is 14.6 Å². The quantitative estimate of drug-likeness (QED) is 0.879. The van der Waals surface area contributed by atoms with E-state index in [1.165, 1.54) is 0 Å². The Morgan fingerprint density at radius 3 is 2.73 bits per heavy atom. The predicted molar refractivity (Wildman–Crippen MR) is 87.0 cm³/mol. The number of aliphatic hydroxyl groups excluding tert-OH is 1. The van der Waals surface area contributed by atoms with Gasteiger partial charge in [-0.2, -0.15) is 0 Å². The predicted octanol–water partition coefficient (Wildman–Crippen LogP) is 2.81. The summed E-state index contributed by atoms with van der Waals surface area (Å²) < 4.78 is 6.05. The van der Waals surface area contributed by atoms with Gasteiger partial charge in [0.15, 0.2) is 6.10 Å². The van der Waals surface area contributed by atoms with E-state index >= 15 is 0 Å². The van der Waals surface area contributed by atoms with Gasteiger partial charge < -0.3 is 14.7 Å². The number of para-hydroxylation sites is 1. The van der Waals surface area contributed by atoms with Crippen LogP contribution in [-0.2, 0) is 4.79 Å². The number of carbonyl (C=O) groups is 1. The van der Waals surface area contributed by atoms with Crippen LogP contribution in [0.3, 0.4) is 0 Å². The molecule has 0 aromatic heterocycles. The highest BCUT2D eigenvalue weighted by molar-refractivity contribution is 5.81. The van der Waals surface area contributed by atoms with Gasteiger partial charge in [-0.05, 0) is 30.4 Å². The first-order valence-corrected chi connectivity index (χ1v) is 8.22. The van der Waals surface area contributed by atoms with E-state index in [1.54, 1.807) is 0 Å². The second kappa shape index (κ2) is 7.63. The molecule has 2 rings (SSSR count). The summed E-state index contributed by atoms with van der Waals surface area (Å²) in [6.07, 6.45) is 1.07. The fourth-order valence-corrected chi connectivity index (χ4v) is 2.91. The molecular formula is C18H27NO3. The Hall–Kier alpha value is -1.55. The zero-order valence-corrected chi connectivity index (χ0v) is 13.8. The molecule has 22 heavy (non-hydrogen) atoms. The van der Waals surface area contributed by atoms with Gasteiger partial charge in [0.2, 0.25) is 0 Å². The maximum Gasteiger partial charge on any atom is 0.263 e. The highest BCUT2D eigenvalue weighted by Gasteiger charge is 2.31. The Morgan fingerprint density at radius 2 is 2.14 bits per heavy atom. The van der Waals surface area contributed by atoms with Gasteiger partial charge in [-0.1, -0.05) is 39.0 Å². The van der Waals surface area contributed by atoms with Crippen LogP contribution in [0.5, 0.6) is 5.75 Å². The minimum Gasteiger partial charge on any atom is -0.480 e. The van der Waals surface area contributed by atoms with Crippen LogP contribution in [0.1, 0.15) is 45.1 Å². The number of likely N-dealkylation sites (tertiary alicyclic amines) is 1. The summed E-state index contributed by atoms with van der Waals surface area (Å²) in [5.74, 6) is 1.41. The van der Waals surface area contributed by atoms with Crippen molar-refractivity contribution in [2.75, 3.05) is 19.7 Å². The molecule has 1 aliphatic heterocycles. The number of amides is 1. The molecule has 2 unspecified atom stereocenters. The molecule has 0 saturated carbocycles. The molecule has 4 nitrogen and oxygen atoms in total. The van der Waals surface area contributed by atoms with Crippen LogP contribution in [0.25, 0.3) is 0 Å². The Bertz CT molecular complexity index is 501. The zero-order chi connectivity index (χ0) is 16.1. The highest BCUT2D eigenvalue weighted by Crippen LogP contribution is 2.28. The van der Waals surface area contributed by atoms with E-state index in [0.29, 0.717) is 18.9 Å². The fourth-order valence-electron chi connectivity index (χ4n) is 2.91. The Morgan fingerprint density at radius 1 is 1.41 bits per heavy atom. The van der Waals surface area contributed by atoms with Crippen LogP contribution in [0, 0.1) is 5.92 Å². The summed E-state index contributed by atoms with van der Waals surface area (Å²) >= 11 is 0. The lowest BCUT2D eigenvalue weighted by Gasteiger charge is -2.25. The van der Waals surface area contributed by atoms with E-state index in [-0.39, 0.29) is 18.4 Å². The van der Waals surface area contributed by atoms with E-state index in [9.17, 15) is 9.90 Å². The van der Waals surface area contributed by atoms with Crippen LogP contribution in [0.15, 0.2) is 24.3 Å². The molecule has 1 aliphatic rings. The standard InChI is InChI=1S/C18H27NO3/c1-4-16(18(21)19-10-9-14(11-19)12-20)22-17-8-6-5-7-15(17)13(2)3/h5-8,13-14,16,20H,4,9-12H2,1-3H3. The van der Waals surface area contributed by atoms with Crippen molar-refractivity contribution in [2.24, 2.45) is 5.92 Å². The van der Waals surface area contributed by atoms with E-state index in [1.807, 2.05) is 30.0 Å². The monoisotopic (exact) mass is 305 g/mol. The molecule has 1 heterocycles. The summed E-state index contributed by atoms with van der Waals surface area (Å²) in [6, 6.07) is 7.92. The molecule has 1 aromatic carbocycles. The SMILES string of the molecule is CCC(Oc1ccccc1C(C)C)C(=O)N1CCC(CO)C1. The summed E-state index contributed by atoms with van der Waals surface area (Å²) in [5.41, 5.74) is 1.13. The number of rotatable bonds is 6. The molecule has 0 spiro atoms. The van der Waals surface area contributed by atoms with Crippen molar-refractivity contribution in [1.82, 2.24) is 4.90 Å². The second-order valence-corrected chi connectivity index (χ2v) is 6.33. The van der Waals surface area contributed by atoms with Gasteiger partial charge >= 0.3 is 0 Å². The molecular weight excluding hydrogens is 278 g/mol. The third-order valence-corrected chi connectivity index (χ3v) is 4.31. The van der Waals surface area contributed by atoms with Crippen molar-refractivity contribution in [3.05, 3.63) is 29.8 Å². The molecule has 1 fully saturated rings. The lowest BCUT2D eigenvalue weighted by atomic mass is 10.0. The highest BCUT2D eigenvalue weighted by atomic mass is 16.5. The van der Waals surface area contributed by atoms with Crippen molar-refractivity contribution in [3.63, 3.8) is 0 Å². The van der Waals surface area contributed by atoms with Gasteiger partial charge in [0.25, 0.3) is 5.91 Å². The molecule has 0 radical (unpaired) electrons. The van der Waals surface area contributed by atoms with E-state index in [2.05, 4.69) is 19.9 Å². The second-order valence-electron chi connectivity index (χ2n) is 6.33. The summed E-state index contributed by atoms with van der Waals surface area (Å²) in [5, 5.41) is 9.22. The van der Waals surface area contributed by atoms with Crippen molar-refractivity contribution >= 4 is 5.91 Å². The smallest absolute Gasteiger partial charge is 0.263 e. The molecule has 4 heteroatoms. The number of nitrogens with zero attached hydrogens (tertiary/aromatic N) is 1. The third-order valence-electron chi connectivity index (χ3n) is 4.31. The third kappa shape index (κ3) is 3.80.